The van der Waals surface area contributed by atoms with E-state index in [2.05, 4.69) is 21.0 Å². The van der Waals surface area contributed by atoms with E-state index in [9.17, 15) is 4.79 Å². The van der Waals surface area contributed by atoms with E-state index in [0.717, 1.165) is 75.5 Å². The molecule has 0 spiro atoms. The lowest BCUT2D eigenvalue weighted by Crippen LogP contribution is -2.40. The normalized spacial score (nSPS) is 15.9. The number of fused-ring (bicyclic) bond motifs is 2. The van der Waals surface area contributed by atoms with Crippen molar-refractivity contribution in [2.24, 2.45) is 7.05 Å². The number of piperidine rings is 1. The maximum absolute atomic E-state index is 12.4. The second-order valence-electron chi connectivity index (χ2n) is 10.0. The van der Waals surface area contributed by atoms with Crippen LogP contribution in [0.1, 0.15) is 43.5 Å². The molecule has 6 rings (SSSR count). The SMILES string of the molecule is CCC(=O)N1CCC[C@@H](n2nc(-c3ccc(Oc4ccc5c(c4)ncn5C)c(C)c3)c3c(C)ncnc32)C1. The Hall–Kier alpha value is -4.27. The van der Waals surface area contributed by atoms with Gasteiger partial charge in [-0.05, 0) is 62.6 Å². The second kappa shape index (κ2) is 9.55. The highest BCUT2D eigenvalue weighted by molar-refractivity contribution is 5.93. The summed E-state index contributed by atoms with van der Waals surface area (Å²) in [6.45, 7) is 7.40. The van der Waals surface area contributed by atoms with Gasteiger partial charge < -0.3 is 14.2 Å². The van der Waals surface area contributed by atoms with Gasteiger partial charge in [-0.2, -0.15) is 5.10 Å². The van der Waals surface area contributed by atoms with Gasteiger partial charge in [-0.15, -0.1) is 0 Å². The van der Waals surface area contributed by atoms with Gasteiger partial charge in [0, 0.05) is 38.2 Å². The van der Waals surface area contributed by atoms with Crippen molar-refractivity contribution in [3.63, 3.8) is 0 Å². The molecule has 0 radical (unpaired) electrons. The minimum atomic E-state index is 0.0787. The molecule has 1 atom stereocenters. The van der Waals surface area contributed by atoms with Crippen molar-refractivity contribution < 1.29 is 9.53 Å². The molecule has 1 fully saturated rings. The molecule has 0 bridgehead atoms. The molecule has 1 saturated heterocycles. The first kappa shape index (κ1) is 24.1. The van der Waals surface area contributed by atoms with E-state index in [1.807, 2.05) is 72.3 Å². The number of ether oxygens (including phenoxy) is 1. The highest BCUT2D eigenvalue weighted by Crippen LogP contribution is 2.35. The van der Waals surface area contributed by atoms with Crippen LogP contribution in [0.4, 0.5) is 0 Å². The summed E-state index contributed by atoms with van der Waals surface area (Å²) in [6, 6.07) is 12.1. The predicted molar refractivity (Wildman–Crippen MR) is 146 cm³/mol. The van der Waals surface area contributed by atoms with Crippen LogP contribution in [0.3, 0.4) is 0 Å². The van der Waals surface area contributed by atoms with Crippen LogP contribution in [0, 0.1) is 13.8 Å². The van der Waals surface area contributed by atoms with Crippen LogP contribution in [0.25, 0.3) is 33.3 Å². The Kier molecular flexibility index (Phi) is 6.06. The second-order valence-corrected chi connectivity index (χ2v) is 10.0. The molecule has 1 aliphatic heterocycles. The van der Waals surface area contributed by atoms with E-state index in [-0.39, 0.29) is 11.9 Å². The third-order valence-corrected chi connectivity index (χ3v) is 7.45. The van der Waals surface area contributed by atoms with E-state index in [0.29, 0.717) is 13.0 Å². The van der Waals surface area contributed by atoms with E-state index < -0.39 is 0 Å². The number of benzene rings is 2. The molecule has 3 aromatic heterocycles. The Labute approximate surface area is 221 Å². The predicted octanol–water partition coefficient (Wildman–Crippen LogP) is 5.36. The van der Waals surface area contributed by atoms with Gasteiger partial charge in [0.05, 0.1) is 34.5 Å². The zero-order chi connectivity index (χ0) is 26.4. The van der Waals surface area contributed by atoms with Crippen LogP contribution in [0.2, 0.25) is 0 Å². The van der Waals surface area contributed by atoms with Crippen LogP contribution in [-0.4, -0.2) is 53.2 Å². The van der Waals surface area contributed by atoms with Crippen LogP contribution < -0.4 is 4.74 Å². The van der Waals surface area contributed by atoms with Crippen LogP contribution in [-0.2, 0) is 11.8 Å². The molecule has 5 aromatic rings. The van der Waals surface area contributed by atoms with Crippen LogP contribution in [0.5, 0.6) is 11.5 Å². The van der Waals surface area contributed by atoms with Gasteiger partial charge in [0.15, 0.2) is 5.65 Å². The number of aryl methyl sites for hydroxylation is 3. The van der Waals surface area contributed by atoms with Gasteiger partial charge in [-0.1, -0.05) is 6.92 Å². The van der Waals surface area contributed by atoms with Crippen LogP contribution >= 0.6 is 0 Å². The van der Waals surface area contributed by atoms with Gasteiger partial charge in [0.2, 0.25) is 5.91 Å². The van der Waals surface area contributed by atoms with Gasteiger partial charge >= 0.3 is 0 Å². The minimum Gasteiger partial charge on any atom is -0.457 e. The lowest BCUT2D eigenvalue weighted by molar-refractivity contribution is -0.132. The van der Waals surface area contributed by atoms with Crippen molar-refractivity contribution in [3.8, 4) is 22.8 Å². The van der Waals surface area contributed by atoms with E-state index in [4.69, 9.17) is 9.84 Å². The summed E-state index contributed by atoms with van der Waals surface area (Å²) < 4.78 is 10.2. The van der Waals surface area contributed by atoms with Crippen molar-refractivity contribution in [1.29, 1.82) is 0 Å². The van der Waals surface area contributed by atoms with E-state index in [1.54, 1.807) is 12.7 Å². The summed E-state index contributed by atoms with van der Waals surface area (Å²) >= 11 is 0. The largest absolute Gasteiger partial charge is 0.457 e. The van der Waals surface area contributed by atoms with Gasteiger partial charge in [0.25, 0.3) is 0 Å². The summed E-state index contributed by atoms with van der Waals surface area (Å²) in [5, 5.41) is 6.02. The first-order chi connectivity index (χ1) is 18.4. The number of nitrogens with zero attached hydrogens (tertiary/aromatic N) is 7. The van der Waals surface area contributed by atoms with Crippen molar-refractivity contribution in [3.05, 3.63) is 60.3 Å². The maximum Gasteiger partial charge on any atom is 0.222 e. The Morgan fingerprint density at radius 1 is 1.11 bits per heavy atom. The molecule has 194 valence electrons. The maximum atomic E-state index is 12.4. The summed E-state index contributed by atoms with van der Waals surface area (Å²) in [5.74, 6) is 1.71. The van der Waals surface area contributed by atoms with Crippen molar-refractivity contribution in [2.45, 2.75) is 46.1 Å². The molecule has 1 amide bonds. The average molecular weight is 510 g/mol. The molecule has 2 aromatic carbocycles. The number of imidazole rings is 1. The fourth-order valence-corrected chi connectivity index (χ4v) is 5.40. The van der Waals surface area contributed by atoms with Gasteiger partial charge in [0.1, 0.15) is 23.5 Å². The quantitative estimate of drug-likeness (QED) is 0.317. The topological polar surface area (TPSA) is 91.0 Å². The Morgan fingerprint density at radius 3 is 2.79 bits per heavy atom. The highest BCUT2D eigenvalue weighted by atomic mass is 16.5. The molecule has 9 nitrogen and oxygen atoms in total. The number of hydrogen-bond donors (Lipinski definition) is 0. The Morgan fingerprint density at radius 2 is 1.97 bits per heavy atom. The molecule has 0 N–H and O–H groups in total. The number of amides is 1. The summed E-state index contributed by atoms with van der Waals surface area (Å²) in [6.07, 6.45) is 5.82. The number of hydrogen-bond acceptors (Lipinski definition) is 6. The van der Waals surface area contributed by atoms with Crippen LogP contribution in [0.15, 0.2) is 49.1 Å². The average Bonchev–Trinajstić information content (AvgIpc) is 3.51. The third-order valence-electron chi connectivity index (χ3n) is 7.45. The number of carbonyl (C=O) groups is 1. The number of rotatable bonds is 5. The summed E-state index contributed by atoms with van der Waals surface area (Å²) in [5.41, 5.74) is 6.48. The Bertz CT molecular complexity index is 1670. The number of aromatic nitrogens is 6. The van der Waals surface area contributed by atoms with E-state index in [1.165, 1.54) is 0 Å². The fourth-order valence-electron chi connectivity index (χ4n) is 5.40. The molecule has 0 saturated carbocycles. The standard InChI is InChI=1S/C29H31N7O2/c1-5-26(37)35-12-6-7-21(15-35)36-29-27(19(3)30-16-31-29)28(33-36)20-8-11-25(18(2)13-20)38-22-9-10-24-23(14-22)32-17-34(24)4/h8-11,13-14,16-17,21H,5-7,12,15H2,1-4H3/t21-/m1/s1. The first-order valence-electron chi connectivity index (χ1n) is 13.1. The zero-order valence-electron chi connectivity index (χ0n) is 22.2. The lowest BCUT2D eigenvalue weighted by atomic mass is 10.0. The number of likely N-dealkylation sites (tertiary alicyclic amines) is 1. The van der Waals surface area contributed by atoms with E-state index >= 15 is 0 Å². The van der Waals surface area contributed by atoms with Crippen molar-refractivity contribution in [2.75, 3.05) is 13.1 Å². The fraction of sp³-hybridized carbons (Fsp3) is 0.345. The molecule has 38 heavy (non-hydrogen) atoms. The first-order valence-corrected chi connectivity index (χ1v) is 13.1. The molecular weight excluding hydrogens is 478 g/mol. The summed E-state index contributed by atoms with van der Waals surface area (Å²) in [7, 11) is 1.98. The molecule has 0 aliphatic carbocycles. The third kappa shape index (κ3) is 4.17. The lowest BCUT2D eigenvalue weighted by Gasteiger charge is -2.32. The molecule has 1 aliphatic rings. The summed E-state index contributed by atoms with van der Waals surface area (Å²) in [4.78, 5) is 27.9. The van der Waals surface area contributed by atoms with Crippen molar-refractivity contribution >= 4 is 28.0 Å². The number of carbonyl (C=O) groups excluding carboxylic acids is 1. The van der Waals surface area contributed by atoms with Gasteiger partial charge in [-0.3, -0.25) is 4.79 Å². The smallest absolute Gasteiger partial charge is 0.222 e. The molecule has 0 unspecified atom stereocenters. The zero-order valence-corrected chi connectivity index (χ0v) is 22.2. The van der Waals surface area contributed by atoms with Crippen molar-refractivity contribution in [1.82, 2.24) is 34.2 Å². The minimum absolute atomic E-state index is 0.0787. The molecule has 4 heterocycles. The highest BCUT2D eigenvalue weighted by Gasteiger charge is 2.28. The molecule has 9 heteroatoms. The Balaban J connectivity index is 1.35. The molecular formula is C29H31N7O2. The van der Waals surface area contributed by atoms with Gasteiger partial charge in [-0.25, -0.2) is 19.6 Å². The monoisotopic (exact) mass is 509 g/mol.